The van der Waals surface area contributed by atoms with E-state index in [2.05, 4.69) is 4.72 Å². The first-order chi connectivity index (χ1) is 12.3. The molecule has 0 aromatic heterocycles. The van der Waals surface area contributed by atoms with E-state index >= 15 is 0 Å². The van der Waals surface area contributed by atoms with Crippen molar-refractivity contribution in [1.29, 1.82) is 0 Å². The average molecular weight is 395 g/mol. The maximum Gasteiger partial charge on any atom is 0.261 e. The van der Waals surface area contributed by atoms with Crippen LogP contribution in [0.4, 0.5) is 11.4 Å². The van der Waals surface area contributed by atoms with Gasteiger partial charge in [0.1, 0.15) is 0 Å². The van der Waals surface area contributed by atoms with E-state index < -0.39 is 20.0 Å². The molecule has 0 radical (unpaired) electrons. The van der Waals surface area contributed by atoms with Crippen LogP contribution in [-0.4, -0.2) is 29.1 Å². The van der Waals surface area contributed by atoms with Gasteiger partial charge in [-0.2, -0.15) is 0 Å². The number of anilines is 2. The number of fused-ring (bicyclic) bond motifs is 1. The summed E-state index contributed by atoms with van der Waals surface area (Å²) in [7, 11) is -7.11. The maximum absolute atomic E-state index is 12.6. The maximum atomic E-state index is 12.6. The molecule has 140 valence electrons. The van der Waals surface area contributed by atoms with Crippen molar-refractivity contribution < 1.29 is 16.8 Å². The number of nitrogens with zero attached hydrogens (tertiary/aromatic N) is 1. The fourth-order valence-corrected chi connectivity index (χ4v) is 5.74. The number of benzene rings is 2. The highest BCUT2D eigenvalue weighted by Crippen LogP contribution is 2.33. The summed E-state index contributed by atoms with van der Waals surface area (Å²) in [6, 6.07) is 13.1. The third-order valence-corrected chi connectivity index (χ3v) is 7.59. The molecule has 0 aliphatic carbocycles. The van der Waals surface area contributed by atoms with Crippen LogP contribution in [0.3, 0.4) is 0 Å². The first-order valence-corrected chi connectivity index (χ1v) is 11.6. The van der Waals surface area contributed by atoms with E-state index in [1.54, 1.807) is 36.4 Å². The predicted octanol–water partition coefficient (Wildman–Crippen LogP) is 2.98. The zero-order valence-corrected chi connectivity index (χ0v) is 16.2. The monoisotopic (exact) mass is 394 g/mol. The van der Waals surface area contributed by atoms with Crippen LogP contribution in [0, 0.1) is 0 Å². The molecule has 3 rings (SSSR count). The Bertz CT molecular complexity index is 987. The van der Waals surface area contributed by atoms with Crippen molar-refractivity contribution in [3.8, 4) is 0 Å². The number of rotatable bonds is 7. The standard InChI is InChI=1S/C18H22N2O4S2/c1-2-3-13-25(21,22)20-12-11-15-9-10-16(14-18(15)20)19-26(23,24)17-7-5-4-6-8-17/h4-10,14,19H,2-3,11-13H2,1H3. The molecule has 0 amide bonds. The number of unbranched alkanes of at least 4 members (excludes halogenated alkanes) is 1. The Balaban J connectivity index is 1.88. The lowest BCUT2D eigenvalue weighted by Crippen LogP contribution is -2.31. The van der Waals surface area contributed by atoms with E-state index in [0.717, 1.165) is 12.0 Å². The Hall–Kier alpha value is -2.06. The minimum absolute atomic E-state index is 0.100. The molecule has 8 heteroatoms. The molecule has 6 nitrogen and oxygen atoms in total. The smallest absolute Gasteiger partial charge is 0.261 e. The second kappa shape index (κ2) is 7.28. The topological polar surface area (TPSA) is 83.6 Å². The minimum atomic E-state index is -3.72. The summed E-state index contributed by atoms with van der Waals surface area (Å²) in [5.41, 5.74) is 1.83. The Kier molecular flexibility index (Phi) is 5.24. The van der Waals surface area contributed by atoms with Gasteiger partial charge in [0, 0.05) is 6.54 Å². The van der Waals surface area contributed by atoms with Crippen molar-refractivity contribution in [2.75, 3.05) is 21.3 Å². The van der Waals surface area contributed by atoms with E-state index in [4.69, 9.17) is 0 Å². The SMILES string of the molecule is CCCCS(=O)(=O)N1CCc2ccc(NS(=O)(=O)c3ccccc3)cc21. The van der Waals surface area contributed by atoms with Crippen molar-refractivity contribution in [2.24, 2.45) is 0 Å². The van der Waals surface area contributed by atoms with Crippen LogP contribution in [0.2, 0.25) is 0 Å². The normalized spacial score (nSPS) is 14.3. The molecule has 1 aliphatic heterocycles. The summed E-state index contributed by atoms with van der Waals surface area (Å²) in [6.45, 7) is 2.35. The molecule has 0 spiro atoms. The molecule has 2 aromatic carbocycles. The van der Waals surface area contributed by atoms with Gasteiger partial charge in [0.25, 0.3) is 10.0 Å². The van der Waals surface area contributed by atoms with Crippen LogP contribution in [0.5, 0.6) is 0 Å². The van der Waals surface area contributed by atoms with Gasteiger partial charge in [0.05, 0.1) is 22.0 Å². The van der Waals surface area contributed by atoms with Crippen LogP contribution >= 0.6 is 0 Å². The van der Waals surface area contributed by atoms with Gasteiger partial charge in [-0.05, 0) is 42.7 Å². The van der Waals surface area contributed by atoms with Gasteiger partial charge in [-0.3, -0.25) is 9.03 Å². The number of hydrogen-bond donors (Lipinski definition) is 1. The summed E-state index contributed by atoms with van der Waals surface area (Å²) in [5.74, 6) is 0.100. The molecule has 26 heavy (non-hydrogen) atoms. The molecule has 0 atom stereocenters. The van der Waals surface area contributed by atoms with E-state index in [1.165, 1.54) is 16.4 Å². The summed E-state index contributed by atoms with van der Waals surface area (Å²) >= 11 is 0. The Morgan fingerprint density at radius 1 is 1.04 bits per heavy atom. The van der Waals surface area contributed by atoms with Crippen molar-refractivity contribution >= 4 is 31.4 Å². The highest BCUT2D eigenvalue weighted by Gasteiger charge is 2.29. The molecular formula is C18H22N2O4S2. The molecule has 2 aromatic rings. The molecule has 0 unspecified atom stereocenters. The lowest BCUT2D eigenvalue weighted by Gasteiger charge is -2.20. The van der Waals surface area contributed by atoms with Gasteiger partial charge in [-0.15, -0.1) is 0 Å². The Morgan fingerprint density at radius 3 is 2.46 bits per heavy atom. The molecule has 1 N–H and O–H groups in total. The minimum Gasteiger partial charge on any atom is -0.280 e. The Labute approximate surface area is 155 Å². The van der Waals surface area contributed by atoms with Crippen molar-refractivity contribution in [1.82, 2.24) is 0 Å². The van der Waals surface area contributed by atoms with Crippen LogP contribution < -0.4 is 9.03 Å². The van der Waals surface area contributed by atoms with Gasteiger partial charge in [0.15, 0.2) is 0 Å². The number of hydrogen-bond acceptors (Lipinski definition) is 4. The zero-order valence-electron chi connectivity index (χ0n) is 14.6. The van der Waals surface area contributed by atoms with E-state index in [-0.39, 0.29) is 10.6 Å². The van der Waals surface area contributed by atoms with E-state index in [1.807, 2.05) is 6.92 Å². The van der Waals surface area contributed by atoms with Crippen LogP contribution in [-0.2, 0) is 26.5 Å². The largest absolute Gasteiger partial charge is 0.280 e. The van der Waals surface area contributed by atoms with Crippen LogP contribution in [0.1, 0.15) is 25.3 Å². The zero-order chi connectivity index (χ0) is 18.8. The lowest BCUT2D eigenvalue weighted by atomic mass is 10.1. The first kappa shape index (κ1) is 18.7. The van der Waals surface area contributed by atoms with Crippen molar-refractivity contribution in [2.45, 2.75) is 31.1 Å². The van der Waals surface area contributed by atoms with Gasteiger partial charge in [0.2, 0.25) is 10.0 Å². The molecular weight excluding hydrogens is 372 g/mol. The van der Waals surface area contributed by atoms with Gasteiger partial charge < -0.3 is 0 Å². The third kappa shape index (κ3) is 3.86. The number of sulfonamides is 2. The highest BCUT2D eigenvalue weighted by atomic mass is 32.2. The second-order valence-electron chi connectivity index (χ2n) is 6.25. The van der Waals surface area contributed by atoms with E-state index in [0.29, 0.717) is 30.8 Å². The van der Waals surface area contributed by atoms with Gasteiger partial charge in [-0.1, -0.05) is 37.6 Å². The second-order valence-corrected chi connectivity index (χ2v) is 9.95. The summed E-state index contributed by atoms with van der Waals surface area (Å²) < 4.78 is 54.0. The van der Waals surface area contributed by atoms with Crippen LogP contribution in [0.15, 0.2) is 53.4 Å². The van der Waals surface area contributed by atoms with Crippen molar-refractivity contribution in [3.63, 3.8) is 0 Å². The van der Waals surface area contributed by atoms with Gasteiger partial charge >= 0.3 is 0 Å². The fourth-order valence-electron chi connectivity index (χ4n) is 2.95. The predicted molar refractivity (Wildman–Crippen MR) is 103 cm³/mol. The summed E-state index contributed by atoms with van der Waals surface area (Å²) in [6.07, 6.45) is 2.04. The van der Waals surface area contributed by atoms with E-state index in [9.17, 15) is 16.8 Å². The summed E-state index contributed by atoms with van der Waals surface area (Å²) in [4.78, 5) is 0.160. The molecule has 0 bridgehead atoms. The molecule has 0 saturated carbocycles. The number of nitrogens with one attached hydrogen (secondary N) is 1. The van der Waals surface area contributed by atoms with Gasteiger partial charge in [-0.25, -0.2) is 16.8 Å². The van der Waals surface area contributed by atoms with Crippen LogP contribution in [0.25, 0.3) is 0 Å². The van der Waals surface area contributed by atoms with Crippen molar-refractivity contribution in [3.05, 3.63) is 54.1 Å². The fraction of sp³-hybridized carbons (Fsp3) is 0.333. The Morgan fingerprint density at radius 2 is 1.77 bits per heavy atom. The molecule has 0 saturated heterocycles. The average Bonchev–Trinajstić information content (AvgIpc) is 3.04. The molecule has 1 aliphatic rings. The third-order valence-electron chi connectivity index (χ3n) is 4.34. The first-order valence-electron chi connectivity index (χ1n) is 8.55. The molecule has 1 heterocycles. The summed E-state index contributed by atoms with van der Waals surface area (Å²) in [5, 5.41) is 0. The highest BCUT2D eigenvalue weighted by molar-refractivity contribution is 7.93. The molecule has 0 fully saturated rings. The lowest BCUT2D eigenvalue weighted by molar-refractivity contribution is 0.589. The quantitative estimate of drug-likeness (QED) is 0.782.